The van der Waals surface area contributed by atoms with E-state index in [1.165, 1.54) is 0 Å². The number of halogens is 1. The van der Waals surface area contributed by atoms with Gasteiger partial charge in [-0.1, -0.05) is 11.6 Å². The van der Waals surface area contributed by atoms with Crippen LogP contribution in [0.1, 0.15) is 5.82 Å². The highest BCUT2D eigenvalue weighted by molar-refractivity contribution is 7.80. The Morgan fingerprint density at radius 2 is 2.29 bits per heavy atom. The van der Waals surface area contributed by atoms with Crippen molar-refractivity contribution in [1.29, 1.82) is 0 Å². The van der Waals surface area contributed by atoms with Gasteiger partial charge in [0.2, 0.25) is 0 Å². The van der Waals surface area contributed by atoms with Crippen LogP contribution in [0.25, 0.3) is 5.69 Å². The van der Waals surface area contributed by atoms with E-state index >= 15 is 0 Å². The number of imidazole rings is 1. The summed E-state index contributed by atoms with van der Waals surface area (Å²) < 4.78 is 1.91. The zero-order valence-corrected chi connectivity index (χ0v) is 10.7. The number of anilines is 1. The summed E-state index contributed by atoms with van der Waals surface area (Å²) in [7, 11) is 0. The molecule has 0 aliphatic rings. The topological polar surface area (TPSA) is 55.9 Å². The lowest BCUT2D eigenvalue weighted by atomic mass is 10.2. The highest BCUT2D eigenvalue weighted by Crippen LogP contribution is 2.25. The molecule has 0 radical (unpaired) electrons. The molecule has 0 spiro atoms. The van der Waals surface area contributed by atoms with Gasteiger partial charge in [-0.2, -0.15) is 0 Å². The molecule has 2 rings (SSSR count). The van der Waals surface area contributed by atoms with E-state index in [-0.39, 0.29) is 5.11 Å². The third-order valence-electron chi connectivity index (χ3n) is 2.30. The summed E-state index contributed by atoms with van der Waals surface area (Å²) in [6.07, 6.45) is 3.59. The molecule has 0 aliphatic carbocycles. The van der Waals surface area contributed by atoms with E-state index < -0.39 is 0 Å². The monoisotopic (exact) mass is 266 g/mol. The Bertz CT molecular complexity index is 564. The molecule has 1 aromatic carbocycles. The summed E-state index contributed by atoms with van der Waals surface area (Å²) >= 11 is 11.0. The smallest absolute Gasteiger partial charge is 0.168 e. The largest absolute Gasteiger partial charge is 0.376 e. The standard InChI is InChI=1S/C11H11ClN4S/c1-7-14-4-5-16(7)10-3-2-8(6-9(10)12)15-11(13)17/h2-6H,1H3,(H3,13,15,17). The van der Waals surface area contributed by atoms with Crippen LogP contribution in [0.15, 0.2) is 30.6 Å². The van der Waals surface area contributed by atoms with Crippen molar-refractivity contribution in [2.45, 2.75) is 6.92 Å². The molecule has 3 N–H and O–H groups in total. The van der Waals surface area contributed by atoms with E-state index in [2.05, 4.69) is 10.3 Å². The highest BCUT2D eigenvalue weighted by Gasteiger charge is 2.06. The van der Waals surface area contributed by atoms with Crippen molar-refractivity contribution in [3.63, 3.8) is 0 Å². The summed E-state index contributed by atoms with van der Waals surface area (Å²) in [6, 6.07) is 5.52. The average Bonchev–Trinajstić information content (AvgIpc) is 2.64. The fourth-order valence-electron chi connectivity index (χ4n) is 1.55. The van der Waals surface area contributed by atoms with Crippen LogP contribution in [-0.4, -0.2) is 14.7 Å². The summed E-state index contributed by atoms with van der Waals surface area (Å²) in [5.74, 6) is 0.877. The second kappa shape index (κ2) is 4.73. The molecular formula is C11H11ClN4S. The minimum absolute atomic E-state index is 0.215. The fraction of sp³-hybridized carbons (Fsp3) is 0.0909. The summed E-state index contributed by atoms with van der Waals surface area (Å²) in [5, 5.41) is 3.65. The first kappa shape index (κ1) is 11.9. The second-order valence-electron chi connectivity index (χ2n) is 3.50. The van der Waals surface area contributed by atoms with Gasteiger partial charge in [-0.25, -0.2) is 4.98 Å². The molecule has 0 aliphatic heterocycles. The van der Waals surface area contributed by atoms with Crippen LogP contribution in [-0.2, 0) is 0 Å². The molecule has 4 nitrogen and oxygen atoms in total. The zero-order chi connectivity index (χ0) is 12.4. The van der Waals surface area contributed by atoms with E-state index in [0.29, 0.717) is 5.02 Å². The Hall–Kier alpha value is -1.59. The van der Waals surface area contributed by atoms with Crippen molar-refractivity contribution in [2.24, 2.45) is 5.73 Å². The molecule has 2 aromatic rings. The fourth-order valence-corrected chi connectivity index (χ4v) is 1.94. The number of rotatable bonds is 2. The maximum atomic E-state index is 6.20. The van der Waals surface area contributed by atoms with Crippen LogP contribution in [0.4, 0.5) is 5.69 Å². The number of nitrogens with two attached hydrogens (primary N) is 1. The molecule has 88 valence electrons. The van der Waals surface area contributed by atoms with Crippen LogP contribution in [0, 0.1) is 6.92 Å². The molecule has 0 unspecified atom stereocenters. The van der Waals surface area contributed by atoms with Crippen molar-refractivity contribution >= 4 is 34.6 Å². The quantitative estimate of drug-likeness (QED) is 0.820. The normalized spacial score (nSPS) is 10.2. The van der Waals surface area contributed by atoms with Gasteiger partial charge in [-0.3, -0.25) is 0 Å². The van der Waals surface area contributed by atoms with Crippen molar-refractivity contribution in [3.8, 4) is 5.69 Å². The number of hydrogen-bond acceptors (Lipinski definition) is 2. The predicted octanol–water partition coefficient (Wildman–Crippen LogP) is 2.49. The molecule has 0 bridgehead atoms. The van der Waals surface area contributed by atoms with Crippen LogP contribution in [0.3, 0.4) is 0 Å². The Morgan fingerprint density at radius 1 is 1.53 bits per heavy atom. The van der Waals surface area contributed by atoms with Crippen molar-refractivity contribution in [3.05, 3.63) is 41.4 Å². The number of thiocarbonyl (C=S) groups is 1. The lowest BCUT2D eigenvalue weighted by Crippen LogP contribution is -2.18. The van der Waals surface area contributed by atoms with Crippen molar-refractivity contribution in [2.75, 3.05) is 5.32 Å². The van der Waals surface area contributed by atoms with Crippen LogP contribution in [0.5, 0.6) is 0 Å². The summed E-state index contributed by atoms with van der Waals surface area (Å²) in [4.78, 5) is 4.15. The molecule has 6 heteroatoms. The van der Waals surface area contributed by atoms with Gasteiger partial charge in [-0.15, -0.1) is 0 Å². The Kier molecular flexibility index (Phi) is 3.31. The number of aromatic nitrogens is 2. The number of aryl methyl sites for hydroxylation is 1. The summed E-state index contributed by atoms with van der Waals surface area (Å²) in [5.41, 5.74) is 7.03. The van der Waals surface area contributed by atoms with E-state index in [9.17, 15) is 0 Å². The van der Waals surface area contributed by atoms with Gasteiger partial charge < -0.3 is 15.6 Å². The van der Waals surface area contributed by atoms with Crippen molar-refractivity contribution < 1.29 is 0 Å². The maximum absolute atomic E-state index is 6.20. The number of nitrogens with one attached hydrogen (secondary N) is 1. The number of nitrogens with zero attached hydrogens (tertiary/aromatic N) is 2. The molecule has 17 heavy (non-hydrogen) atoms. The van der Waals surface area contributed by atoms with E-state index in [4.69, 9.17) is 29.6 Å². The molecule has 0 fully saturated rings. The van der Waals surface area contributed by atoms with E-state index in [1.54, 1.807) is 12.3 Å². The number of hydrogen-bond donors (Lipinski definition) is 2. The third-order valence-corrected chi connectivity index (χ3v) is 2.71. The summed E-state index contributed by atoms with van der Waals surface area (Å²) in [6.45, 7) is 1.91. The Balaban J connectivity index is 2.39. The van der Waals surface area contributed by atoms with E-state index in [0.717, 1.165) is 17.2 Å². The Labute approximate surface area is 109 Å². The third kappa shape index (κ3) is 2.57. The van der Waals surface area contributed by atoms with Gasteiger partial charge in [0.1, 0.15) is 5.82 Å². The molecule has 0 saturated carbocycles. The minimum atomic E-state index is 0.215. The van der Waals surface area contributed by atoms with Gasteiger partial charge in [0.25, 0.3) is 0 Å². The Morgan fingerprint density at radius 3 is 2.82 bits per heavy atom. The maximum Gasteiger partial charge on any atom is 0.168 e. The zero-order valence-electron chi connectivity index (χ0n) is 9.14. The van der Waals surface area contributed by atoms with Crippen LogP contribution < -0.4 is 11.1 Å². The van der Waals surface area contributed by atoms with Gasteiger partial charge in [-0.05, 0) is 37.3 Å². The lowest BCUT2D eigenvalue weighted by molar-refractivity contribution is 0.975. The highest BCUT2D eigenvalue weighted by atomic mass is 35.5. The molecule has 0 saturated heterocycles. The molecule has 0 atom stereocenters. The average molecular weight is 267 g/mol. The minimum Gasteiger partial charge on any atom is -0.376 e. The van der Waals surface area contributed by atoms with Crippen LogP contribution in [0.2, 0.25) is 5.02 Å². The lowest BCUT2D eigenvalue weighted by Gasteiger charge is -2.10. The van der Waals surface area contributed by atoms with E-state index in [1.807, 2.05) is 29.8 Å². The molecular weight excluding hydrogens is 256 g/mol. The first-order chi connectivity index (χ1) is 8.08. The van der Waals surface area contributed by atoms with Gasteiger partial charge in [0, 0.05) is 18.1 Å². The first-order valence-electron chi connectivity index (χ1n) is 4.94. The van der Waals surface area contributed by atoms with Gasteiger partial charge in [0.05, 0.1) is 10.7 Å². The first-order valence-corrected chi connectivity index (χ1v) is 5.73. The molecule has 0 amide bonds. The second-order valence-corrected chi connectivity index (χ2v) is 4.35. The van der Waals surface area contributed by atoms with Gasteiger partial charge >= 0.3 is 0 Å². The predicted molar refractivity (Wildman–Crippen MR) is 73.7 cm³/mol. The molecule has 1 heterocycles. The molecule has 1 aromatic heterocycles. The SMILES string of the molecule is Cc1nccn1-c1ccc(NC(N)=S)cc1Cl. The van der Waals surface area contributed by atoms with Crippen LogP contribution >= 0.6 is 23.8 Å². The van der Waals surface area contributed by atoms with Crippen molar-refractivity contribution in [1.82, 2.24) is 9.55 Å². The number of benzene rings is 1. The van der Waals surface area contributed by atoms with Gasteiger partial charge in [0.15, 0.2) is 5.11 Å².